The number of benzene rings is 1. The van der Waals surface area contributed by atoms with Gasteiger partial charge in [0, 0.05) is 30.8 Å². The van der Waals surface area contributed by atoms with E-state index >= 15 is 0 Å². The maximum absolute atomic E-state index is 12.1. The van der Waals surface area contributed by atoms with Gasteiger partial charge in [0.2, 0.25) is 5.91 Å². The Morgan fingerprint density at radius 1 is 1.45 bits per heavy atom. The molecule has 1 aliphatic heterocycles. The molecule has 0 saturated carbocycles. The molecule has 1 amide bonds. The van der Waals surface area contributed by atoms with Crippen LogP contribution in [0.25, 0.3) is 10.9 Å². The van der Waals surface area contributed by atoms with Gasteiger partial charge in [-0.25, -0.2) is 0 Å². The number of amides is 1. The summed E-state index contributed by atoms with van der Waals surface area (Å²) in [6, 6.07) is 10.0. The molecular weight excluding hydrogens is 280 g/mol. The van der Waals surface area contributed by atoms with Crippen LogP contribution < -0.4 is 5.32 Å². The van der Waals surface area contributed by atoms with E-state index in [4.69, 9.17) is 4.74 Å². The maximum Gasteiger partial charge on any atom is 0.222 e. The van der Waals surface area contributed by atoms with E-state index in [1.165, 1.54) is 5.39 Å². The first-order chi connectivity index (χ1) is 10.6. The summed E-state index contributed by atoms with van der Waals surface area (Å²) in [6.45, 7) is 3.63. The molecule has 2 heterocycles. The molecule has 22 heavy (non-hydrogen) atoms. The van der Waals surface area contributed by atoms with Gasteiger partial charge in [0.15, 0.2) is 0 Å². The maximum atomic E-state index is 12.1. The molecule has 118 valence electrons. The van der Waals surface area contributed by atoms with E-state index in [0.29, 0.717) is 32.6 Å². The lowest BCUT2D eigenvalue weighted by Crippen LogP contribution is -2.49. The molecular formula is C17H22N2O3. The molecule has 0 unspecified atom stereocenters. The molecule has 1 aromatic carbocycles. The topological polar surface area (TPSA) is 63.5 Å². The number of ether oxygens (including phenoxy) is 1. The second-order valence-electron chi connectivity index (χ2n) is 5.85. The lowest BCUT2D eigenvalue weighted by atomic mass is 10.1. The summed E-state index contributed by atoms with van der Waals surface area (Å²) in [5.41, 5.74) is 2.30. The third kappa shape index (κ3) is 3.15. The zero-order chi connectivity index (χ0) is 15.5. The number of para-hydroxylation sites is 1. The third-order valence-corrected chi connectivity index (χ3v) is 4.25. The first-order valence-corrected chi connectivity index (χ1v) is 7.75. The van der Waals surface area contributed by atoms with Crippen molar-refractivity contribution < 1.29 is 14.6 Å². The van der Waals surface area contributed by atoms with Crippen LogP contribution in [0, 0.1) is 6.92 Å². The third-order valence-electron chi connectivity index (χ3n) is 4.25. The fourth-order valence-electron chi connectivity index (χ4n) is 3.00. The Morgan fingerprint density at radius 2 is 2.27 bits per heavy atom. The molecule has 0 spiro atoms. The zero-order valence-electron chi connectivity index (χ0n) is 12.8. The number of aromatic nitrogens is 1. The average Bonchev–Trinajstić information content (AvgIpc) is 2.83. The van der Waals surface area contributed by atoms with Crippen molar-refractivity contribution in [1.29, 1.82) is 0 Å². The van der Waals surface area contributed by atoms with Gasteiger partial charge in [0.25, 0.3) is 0 Å². The van der Waals surface area contributed by atoms with E-state index in [2.05, 4.69) is 35.0 Å². The van der Waals surface area contributed by atoms with Gasteiger partial charge in [-0.05, 0) is 30.9 Å². The van der Waals surface area contributed by atoms with Gasteiger partial charge in [-0.3, -0.25) is 4.79 Å². The molecule has 2 N–H and O–H groups in total. The summed E-state index contributed by atoms with van der Waals surface area (Å²) in [4.78, 5) is 12.1. The van der Waals surface area contributed by atoms with Gasteiger partial charge < -0.3 is 19.7 Å². The molecule has 0 bridgehead atoms. The summed E-state index contributed by atoms with van der Waals surface area (Å²) in [6.07, 6.45) is 0.460. The first kappa shape index (κ1) is 15.1. The highest BCUT2D eigenvalue weighted by atomic mass is 16.5. The van der Waals surface area contributed by atoms with Crippen LogP contribution in [-0.4, -0.2) is 40.9 Å². The first-order valence-electron chi connectivity index (χ1n) is 7.75. The highest BCUT2D eigenvalue weighted by Gasteiger charge is 2.25. The highest BCUT2D eigenvalue weighted by molar-refractivity contribution is 5.81. The van der Waals surface area contributed by atoms with Gasteiger partial charge in [-0.15, -0.1) is 0 Å². The van der Waals surface area contributed by atoms with E-state index in [1.807, 2.05) is 12.1 Å². The smallest absolute Gasteiger partial charge is 0.222 e. The van der Waals surface area contributed by atoms with E-state index in [9.17, 15) is 9.90 Å². The van der Waals surface area contributed by atoms with Crippen molar-refractivity contribution in [3.05, 3.63) is 36.0 Å². The van der Waals surface area contributed by atoms with E-state index in [0.717, 1.165) is 11.2 Å². The summed E-state index contributed by atoms with van der Waals surface area (Å²) >= 11 is 0. The molecule has 1 saturated heterocycles. The number of aliphatic hydroxyl groups is 1. The zero-order valence-corrected chi connectivity index (χ0v) is 12.8. The molecule has 0 radical (unpaired) electrons. The predicted molar refractivity (Wildman–Crippen MR) is 84.7 cm³/mol. The largest absolute Gasteiger partial charge is 0.391 e. The van der Waals surface area contributed by atoms with Gasteiger partial charge >= 0.3 is 0 Å². The number of aryl methyl sites for hydroxylation is 2. The quantitative estimate of drug-likeness (QED) is 0.902. The second kappa shape index (κ2) is 6.50. The predicted octanol–water partition coefficient (Wildman–Crippen LogP) is 1.61. The minimum absolute atomic E-state index is 0.0493. The number of hydrogen-bond donors (Lipinski definition) is 2. The molecule has 1 aliphatic rings. The standard InChI is InChI=1S/C17H22N2O3/c1-12-10-13-4-2-3-5-15(13)19(12)8-6-17(21)18-14-11-22-9-7-16(14)20/h2-5,10,14,16,20H,6-9,11H2,1H3,(H,18,21)/t14-,16-/m1/s1. The van der Waals surface area contributed by atoms with Gasteiger partial charge in [0.05, 0.1) is 18.8 Å². The van der Waals surface area contributed by atoms with Crippen molar-refractivity contribution in [3.63, 3.8) is 0 Å². The molecule has 3 rings (SSSR count). The summed E-state index contributed by atoms with van der Waals surface area (Å²) in [7, 11) is 0. The van der Waals surface area contributed by atoms with Crippen molar-refractivity contribution in [2.45, 2.75) is 38.5 Å². The highest BCUT2D eigenvalue weighted by Crippen LogP contribution is 2.19. The fourth-order valence-corrected chi connectivity index (χ4v) is 3.00. The molecule has 1 aromatic heterocycles. The summed E-state index contributed by atoms with van der Waals surface area (Å²) in [5.74, 6) is -0.0493. The lowest BCUT2D eigenvalue weighted by Gasteiger charge is -2.28. The van der Waals surface area contributed by atoms with Crippen LogP contribution in [0.5, 0.6) is 0 Å². The number of nitrogens with zero attached hydrogens (tertiary/aromatic N) is 1. The van der Waals surface area contributed by atoms with Crippen LogP contribution in [0.1, 0.15) is 18.5 Å². The lowest BCUT2D eigenvalue weighted by molar-refractivity contribution is -0.124. The molecule has 5 heteroatoms. The number of nitrogens with one attached hydrogen (secondary N) is 1. The van der Waals surface area contributed by atoms with Gasteiger partial charge in [-0.1, -0.05) is 18.2 Å². The Balaban J connectivity index is 1.61. The Kier molecular flexibility index (Phi) is 4.45. The van der Waals surface area contributed by atoms with Crippen LogP contribution in [0.15, 0.2) is 30.3 Å². The van der Waals surface area contributed by atoms with E-state index in [1.54, 1.807) is 0 Å². The summed E-state index contributed by atoms with van der Waals surface area (Å²) in [5, 5.41) is 13.9. The Bertz CT molecular complexity index is 665. The average molecular weight is 302 g/mol. The van der Waals surface area contributed by atoms with Crippen molar-refractivity contribution in [1.82, 2.24) is 9.88 Å². The van der Waals surface area contributed by atoms with Crippen molar-refractivity contribution in [2.75, 3.05) is 13.2 Å². The SMILES string of the molecule is Cc1cc2ccccc2n1CCC(=O)N[C@@H]1COCC[C@H]1O. The molecule has 1 fully saturated rings. The number of rotatable bonds is 4. The van der Waals surface area contributed by atoms with Crippen LogP contribution in [-0.2, 0) is 16.1 Å². The number of aliphatic hydroxyl groups excluding tert-OH is 1. The van der Waals surface area contributed by atoms with Crippen LogP contribution in [0.4, 0.5) is 0 Å². The molecule has 0 aliphatic carbocycles. The van der Waals surface area contributed by atoms with Gasteiger partial charge in [0.1, 0.15) is 0 Å². The molecule has 5 nitrogen and oxygen atoms in total. The Morgan fingerprint density at radius 3 is 3.09 bits per heavy atom. The van der Waals surface area contributed by atoms with Crippen LogP contribution >= 0.6 is 0 Å². The Hall–Kier alpha value is -1.85. The van der Waals surface area contributed by atoms with E-state index < -0.39 is 6.10 Å². The second-order valence-corrected chi connectivity index (χ2v) is 5.85. The van der Waals surface area contributed by atoms with Crippen molar-refractivity contribution >= 4 is 16.8 Å². The Labute approximate surface area is 129 Å². The number of carbonyl (C=O) groups is 1. The van der Waals surface area contributed by atoms with Gasteiger partial charge in [-0.2, -0.15) is 0 Å². The van der Waals surface area contributed by atoms with Crippen molar-refractivity contribution in [2.24, 2.45) is 0 Å². The molecule has 2 atom stereocenters. The minimum Gasteiger partial charge on any atom is -0.391 e. The number of carbonyl (C=O) groups excluding carboxylic acids is 1. The summed E-state index contributed by atoms with van der Waals surface area (Å²) < 4.78 is 7.46. The van der Waals surface area contributed by atoms with Crippen LogP contribution in [0.2, 0.25) is 0 Å². The normalized spacial score (nSPS) is 21.9. The minimum atomic E-state index is -0.508. The number of hydrogen-bond acceptors (Lipinski definition) is 3. The number of fused-ring (bicyclic) bond motifs is 1. The molecule has 2 aromatic rings. The monoisotopic (exact) mass is 302 g/mol. The van der Waals surface area contributed by atoms with E-state index in [-0.39, 0.29) is 11.9 Å². The van der Waals surface area contributed by atoms with Crippen LogP contribution in [0.3, 0.4) is 0 Å². The van der Waals surface area contributed by atoms with Crippen molar-refractivity contribution in [3.8, 4) is 0 Å². The fraction of sp³-hybridized carbons (Fsp3) is 0.471.